The van der Waals surface area contributed by atoms with Gasteiger partial charge in [0.25, 0.3) is 0 Å². The van der Waals surface area contributed by atoms with Crippen LogP contribution >= 0.6 is 0 Å². The zero-order chi connectivity index (χ0) is 21.1. The van der Waals surface area contributed by atoms with Gasteiger partial charge in [0.05, 0.1) is 20.8 Å². The fourth-order valence-electron chi connectivity index (χ4n) is 3.06. The van der Waals surface area contributed by atoms with E-state index >= 15 is 0 Å². The molecule has 8 heteroatoms. The number of carbonyl (C=O) groups is 2. The molecule has 1 saturated heterocycles. The second-order valence-electron chi connectivity index (χ2n) is 6.75. The first kappa shape index (κ1) is 22.7. The number of nitrogens with zero attached hydrogens (tertiary/aromatic N) is 2. The van der Waals surface area contributed by atoms with Gasteiger partial charge in [-0.15, -0.1) is 0 Å². The molecule has 0 unspecified atom stereocenters. The van der Waals surface area contributed by atoms with E-state index in [0.717, 1.165) is 12.0 Å². The van der Waals surface area contributed by atoms with Crippen molar-refractivity contribution in [3.05, 3.63) is 29.8 Å². The van der Waals surface area contributed by atoms with E-state index in [1.165, 1.54) is 0 Å². The second kappa shape index (κ2) is 12.1. The van der Waals surface area contributed by atoms with Gasteiger partial charge >= 0.3 is 0 Å². The van der Waals surface area contributed by atoms with Gasteiger partial charge in [-0.05, 0) is 30.2 Å². The van der Waals surface area contributed by atoms with Crippen molar-refractivity contribution in [2.45, 2.75) is 6.42 Å². The molecule has 1 aliphatic heterocycles. The van der Waals surface area contributed by atoms with Gasteiger partial charge in [0.2, 0.25) is 11.8 Å². The van der Waals surface area contributed by atoms with E-state index in [4.69, 9.17) is 14.2 Å². The van der Waals surface area contributed by atoms with Gasteiger partial charge in [-0.1, -0.05) is 6.07 Å². The molecule has 0 bridgehead atoms. The molecule has 0 aliphatic carbocycles. The molecule has 0 aromatic heterocycles. The number of nitrogens with one attached hydrogen (secondary N) is 1. The third kappa shape index (κ3) is 7.40. The Balaban J connectivity index is 1.77. The SMILES string of the molecule is COCCCNC(=O)CN1CCN(C(=O)/C=C/c2ccc(OC)c(OC)c2)CC1. The highest BCUT2D eigenvalue weighted by Crippen LogP contribution is 2.27. The number of carbonyl (C=O) groups excluding carboxylic acids is 2. The molecule has 1 aromatic carbocycles. The van der Waals surface area contributed by atoms with E-state index in [0.29, 0.717) is 57.4 Å². The predicted molar refractivity (Wildman–Crippen MR) is 111 cm³/mol. The van der Waals surface area contributed by atoms with Crippen LogP contribution in [0.25, 0.3) is 6.08 Å². The van der Waals surface area contributed by atoms with Gasteiger partial charge in [0.1, 0.15) is 0 Å². The zero-order valence-corrected chi connectivity index (χ0v) is 17.5. The molecule has 8 nitrogen and oxygen atoms in total. The number of piperazine rings is 1. The molecule has 1 N–H and O–H groups in total. The molecule has 0 atom stereocenters. The number of amides is 2. The highest BCUT2D eigenvalue weighted by atomic mass is 16.5. The van der Waals surface area contributed by atoms with E-state index in [-0.39, 0.29) is 11.8 Å². The fraction of sp³-hybridized carbons (Fsp3) is 0.524. The Hall–Kier alpha value is -2.58. The summed E-state index contributed by atoms with van der Waals surface area (Å²) in [6.07, 6.45) is 4.14. The second-order valence-corrected chi connectivity index (χ2v) is 6.75. The molecule has 1 aliphatic rings. The molecule has 29 heavy (non-hydrogen) atoms. The maximum atomic E-state index is 12.5. The van der Waals surface area contributed by atoms with Crippen LogP contribution in [0.5, 0.6) is 11.5 Å². The quantitative estimate of drug-likeness (QED) is 0.462. The Morgan fingerprint density at radius 3 is 2.45 bits per heavy atom. The van der Waals surface area contributed by atoms with Crippen molar-refractivity contribution in [1.82, 2.24) is 15.1 Å². The molecule has 0 spiro atoms. The van der Waals surface area contributed by atoms with E-state index < -0.39 is 0 Å². The van der Waals surface area contributed by atoms with Crippen molar-refractivity contribution in [3.63, 3.8) is 0 Å². The number of benzene rings is 1. The summed E-state index contributed by atoms with van der Waals surface area (Å²) in [6, 6.07) is 5.50. The summed E-state index contributed by atoms with van der Waals surface area (Å²) in [5.74, 6) is 1.24. The first-order chi connectivity index (χ1) is 14.1. The summed E-state index contributed by atoms with van der Waals surface area (Å²) in [4.78, 5) is 28.3. The van der Waals surface area contributed by atoms with Crippen molar-refractivity contribution < 1.29 is 23.8 Å². The van der Waals surface area contributed by atoms with Crippen LogP contribution in [0.15, 0.2) is 24.3 Å². The minimum Gasteiger partial charge on any atom is -0.493 e. The average Bonchev–Trinajstić information content (AvgIpc) is 2.75. The predicted octanol–water partition coefficient (Wildman–Crippen LogP) is 1.01. The van der Waals surface area contributed by atoms with Gasteiger partial charge in [-0.25, -0.2) is 0 Å². The molecule has 160 valence electrons. The van der Waals surface area contributed by atoms with E-state index in [1.807, 2.05) is 18.2 Å². The lowest BCUT2D eigenvalue weighted by molar-refractivity contribution is -0.128. The van der Waals surface area contributed by atoms with Gasteiger partial charge in [0, 0.05) is 52.5 Å². The topological polar surface area (TPSA) is 80.3 Å². The number of hydrogen-bond acceptors (Lipinski definition) is 6. The van der Waals surface area contributed by atoms with Crippen molar-refractivity contribution >= 4 is 17.9 Å². The molecule has 0 radical (unpaired) electrons. The standard InChI is InChI=1S/C21H31N3O5/c1-27-14-4-9-22-20(25)16-23-10-12-24(13-11-23)21(26)8-6-17-5-7-18(28-2)19(15-17)29-3/h5-8,15H,4,9-14,16H2,1-3H3,(H,22,25)/b8-6+. The molecule has 1 heterocycles. The highest BCUT2D eigenvalue weighted by Gasteiger charge is 2.21. The van der Waals surface area contributed by atoms with E-state index in [2.05, 4.69) is 10.2 Å². The molecular weight excluding hydrogens is 374 g/mol. The Morgan fingerprint density at radius 1 is 1.07 bits per heavy atom. The van der Waals surface area contributed by atoms with E-state index in [1.54, 1.807) is 38.4 Å². The third-order valence-electron chi connectivity index (χ3n) is 4.72. The van der Waals surface area contributed by atoms with E-state index in [9.17, 15) is 9.59 Å². The maximum Gasteiger partial charge on any atom is 0.246 e. The van der Waals surface area contributed by atoms with Crippen molar-refractivity contribution in [3.8, 4) is 11.5 Å². The van der Waals surface area contributed by atoms with Gasteiger partial charge < -0.3 is 24.4 Å². The normalized spacial score (nSPS) is 14.8. The summed E-state index contributed by atoms with van der Waals surface area (Å²) < 4.78 is 15.5. The summed E-state index contributed by atoms with van der Waals surface area (Å²) >= 11 is 0. The van der Waals surface area contributed by atoms with Crippen molar-refractivity contribution in [2.75, 3.05) is 67.2 Å². The van der Waals surface area contributed by atoms with Gasteiger partial charge in [0.15, 0.2) is 11.5 Å². The molecule has 2 amide bonds. The first-order valence-corrected chi connectivity index (χ1v) is 9.74. The van der Waals surface area contributed by atoms with Gasteiger partial charge in [-0.3, -0.25) is 14.5 Å². The monoisotopic (exact) mass is 405 g/mol. The van der Waals surface area contributed by atoms with Gasteiger partial charge in [-0.2, -0.15) is 0 Å². The average molecular weight is 405 g/mol. The highest BCUT2D eigenvalue weighted by molar-refractivity contribution is 5.92. The van der Waals surface area contributed by atoms with Crippen molar-refractivity contribution in [2.24, 2.45) is 0 Å². The molecule has 1 fully saturated rings. The lowest BCUT2D eigenvalue weighted by Crippen LogP contribution is -2.50. The Morgan fingerprint density at radius 2 is 1.79 bits per heavy atom. The number of rotatable bonds is 10. The zero-order valence-electron chi connectivity index (χ0n) is 17.5. The lowest BCUT2D eigenvalue weighted by atomic mass is 10.2. The Bertz CT molecular complexity index is 700. The third-order valence-corrected chi connectivity index (χ3v) is 4.72. The summed E-state index contributed by atoms with van der Waals surface area (Å²) in [5.41, 5.74) is 0.861. The molecule has 0 saturated carbocycles. The van der Waals surface area contributed by atoms with Crippen LogP contribution < -0.4 is 14.8 Å². The molecular formula is C21H31N3O5. The van der Waals surface area contributed by atoms with Crippen molar-refractivity contribution in [1.29, 1.82) is 0 Å². The largest absolute Gasteiger partial charge is 0.493 e. The lowest BCUT2D eigenvalue weighted by Gasteiger charge is -2.33. The van der Waals surface area contributed by atoms with Crippen LogP contribution in [-0.4, -0.2) is 88.8 Å². The van der Waals surface area contributed by atoms with Crippen LogP contribution in [0.1, 0.15) is 12.0 Å². The Labute approximate surface area is 172 Å². The summed E-state index contributed by atoms with van der Waals surface area (Å²) in [6.45, 7) is 4.18. The van der Waals surface area contributed by atoms with Crippen LogP contribution in [0.3, 0.4) is 0 Å². The minimum absolute atomic E-state index is 0.00854. The van der Waals surface area contributed by atoms with Crippen LogP contribution in [-0.2, 0) is 14.3 Å². The molecule has 1 aromatic rings. The minimum atomic E-state index is -0.0385. The fourth-order valence-corrected chi connectivity index (χ4v) is 3.06. The first-order valence-electron chi connectivity index (χ1n) is 9.74. The van der Waals surface area contributed by atoms with Crippen LogP contribution in [0.4, 0.5) is 0 Å². The molecule has 2 rings (SSSR count). The number of hydrogen-bond donors (Lipinski definition) is 1. The number of ether oxygens (including phenoxy) is 3. The van der Waals surface area contributed by atoms with Crippen LogP contribution in [0, 0.1) is 0 Å². The van der Waals surface area contributed by atoms with Crippen LogP contribution in [0.2, 0.25) is 0 Å². The Kier molecular flexibility index (Phi) is 9.46. The maximum absolute atomic E-state index is 12.5. The summed E-state index contributed by atoms with van der Waals surface area (Å²) in [5, 5.41) is 2.88. The number of methoxy groups -OCH3 is 3. The summed E-state index contributed by atoms with van der Waals surface area (Å²) in [7, 11) is 4.81. The smallest absolute Gasteiger partial charge is 0.246 e.